The van der Waals surface area contributed by atoms with E-state index in [4.69, 9.17) is 21.4 Å². The van der Waals surface area contributed by atoms with Gasteiger partial charge in [0.05, 0.1) is 6.10 Å². The van der Waals surface area contributed by atoms with Gasteiger partial charge in [0.1, 0.15) is 0 Å². The average molecular weight is 524 g/mol. The zero-order chi connectivity index (χ0) is 23.2. The quantitative estimate of drug-likeness (QED) is 0.477. The summed E-state index contributed by atoms with van der Waals surface area (Å²) in [5.74, 6) is 0.0401. The number of likely N-dealkylation sites (tertiary alicyclic amines) is 1. The number of aliphatic hydroxyl groups is 1. The number of aryl methyl sites for hydroxylation is 1. The molecular weight excluding hydrogens is 496 g/mol. The van der Waals surface area contributed by atoms with Crippen molar-refractivity contribution in [2.75, 3.05) is 26.2 Å². The molecule has 2 aromatic heterocycles. The first-order valence-corrected chi connectivity index (χ1v) is 12.3. The first kappa shape index (κ1) is 23.4. The molecule has 1 N–H and O–H groups in total. The van der Waals surface area contributed by atoms with E-state index in [9.17, 15) is 5.11 Å². The van der Waals surface area contributed by atoms with Crippen LogP contribution in [0, 0.1) is 12.7 Å². The number of nitrogens with zero attached hydrogens (tertiary/aromatic N) is 5. The summed E-state index contributed by atoms with van der Waals surface area (Å²) in [5.41, 5.74) is 2.87. The molecule has 0 radical (unpaired) electrons. The van der Waals surface area contributed by atoms with Crippen molar-refractivity contribution in [3.8, 4) is 5.75 Å². The number of hydrogen-bond donors (Lipinski definition) is 1. The predicted octanol–water partition coefficient (Wildman–Crippen LogP) is 1.97. The first-order valence-electron chi connectivity index (χ1n) is 10.7. The molecule has 1 aliphatic heterocycles. The standard InChI is InChI=1S/C22H28AsClFN5O2/c1-5-32-20-15(13(4)30-22-17(12(3)28-30)21(23)26-10-27-22)6-16(24)19(25)18(20)14-8-29(9-14)7-11(2)31/h6,10-11,13-14,31H,5,7-9,23H2,1-4H3/t11-,13?/m0/s1. The molecule has 3 heterocycles. The van der Waals surface area contributed by atoms with Crippen LogP contribution < -0.4 is 9.22 Å². The minimum absolute atomic E-state index is 0.0525. The average Bonchev–Trinajstić information content (AvgIpc) is 3.05. The first-order chi connectivity index (χ1) is 15.2. The molecule has 0 spiro atoms. The predicted molar refractivity (Wildman–Crippen MR) is 125 cm³/mol. The molecule has 1 saturated heterocycles. The van der Waals surface area contributed by atoms with Gasteiger partial charge >= 0.3 is 183 Å². The molecule has 3 atom stereocenters. The normalized spacial score (nSPS) is 16.9. The van der Waals surface area contributed by atoms with Gasteiger partial charge in [-0.15, -0.1) is 0 Å². The number of rotatable bonds is 7. The van der Waals surface area contributed by atoms with E-state index in [2.05, 4.69) is 14.9 Å². The number of aromatic nitrogens is 4. The van der Waals surface area contributed by atoms with Gasteiger partial charge < -0.3 is 5.11 Å². The number of halogens is 2. The maximum absolute atomic E-state index is 15.3. The summed E-state index contributed by atoms with van der Waals surface area (Å²) in [4.78, 5) is 10.9. The Labute approximate surface area is 200 Å². The molecule has 1 fully saturated rings. The van der Waals surface area contributed by atoms with E-state index in [1.54, 1.807) is 19.3 Å². The van der Waals surface area contributed by atoms with E-state index >= 15 is 4.39 Å². The van der Waals surface area contributed by atoms with Crippen LogP contribution in [-0.2, 0) is 0 Å². The summed E-state index contributed by atoms with van der Waals surface area (Å²) in [5, 5.41) is 15.4. The fourth-order valence-electron chi connectivity index (χ4n) is 4.48. The molecule has 0 amide bonds. The molecular formula is C22H28AsClFN5O2. The topological polar surface area (TPSA) is 76.3 Å². The van der Waals surface area contributed by atoms with Gasteiger partial charge in [-0.1, -0.05) is 0 Å². The Kier molecular flexibility index (Phi) is 6.78. The van der Waals surface area contributed by atoms with Crippen molar-refractivity contribution in [2.45, 2.75) is 45.8 Å². The van der Waals surface area contributed by atoms with Crippen LogP contribution >= 0.6 is 11.6 Å². The van der Waals surface area contributed by atoms with Crippen LogP contribution in [0.4, 0.5) is 4.39 Å². The van der Waals surface area contributed by atoms with E-state index in [1.165, 1.54) is 16.9 Å². The van der Waals surface area contributed by atoms with E-state index in [0.717, 1.165) is 26.8 Å². The van der Waals surface area contributed by atoms with Crippen LogP contribution in [-0.4, -0.2) is 79.0 Å². The Balaban J connectivity index is 1.80. The summed E-state index contributed by atoms with van der Waals surface area (Å²) in [7, 11) is 0. The van der Waals surface area contributed by atoms with Crippen molar-refractivity contribution in [1.29, 1.82) is 0 Å². The molecule has 0 saturated carbocycles. The molecule has 7 nitrogen and oxygen atoms in total. The number of ether oxygens (including phenoxy) is 1. The fourth-order valence-corrected chi connectivity index (χ4v) is 5.54. The third-order valence-electron chi connectivity index (χ3n) is 5.92. The number of benzene rings is 1. The maximum atomic E-state index is 15.3. The summed E-state index contributed by atoms with van der Waals surface area (Å²) in [6, 6.07) is 1.36. The molecule has 3 aromatic rings. The Morgan fingerprint density at radius 2 is 2.06 bits per heavy atom. The van der Waals surface area contributed by atoms with Crippen LogP contribution in [0.1, 0.15) is 49.6 Å². The van der Waals surface area contributed by atoms with Crippen LogP contribution in [0.15, 0.2) is 12.4 Å². The molecule has 172 valence electrons. The summed E-state index contributed by atoms with van der Waals surface area (Å²) < 4.78 is 24.1. The van der Waals surface area contributed by atoms with E-state index < -0.39 is 11.9 Å². The Morgan fingerprint density at radius 1 is 1.34 bits per heavy atom. The zero-order valence-electron chi connectivity index (χ0n) is 18.6. The molecule has 4 rings (SSSR count). The monoisotopic (exact) mass is 523 g/mol. The van der Waals surface area contributed by atoms with Gasteiger partial charge in [0, 0.05) is 0 Å². The molecule has 2 unspecified atom stereocenters. The van der Waals surface area contributed by atoms with Gasteiger partial charge in [0.15, 0.2) is 0 Å². The molecule has 0 aliphatic carbocycles. The number of hydrogen-bond acceptors (Lipinski definition) is 6. The Bertz CT molecular complexity index is 1150. The molecule has 1 aromatic carbocycles. The van der Waals surface area contributed by atoms with Gasteiger partial charge in [-0.05, 0) is 6.92 Å². The SMILES string of the molecule is CCOc1c(C(C)n2nc(C)c3c([AsH2])ncnc32)cc(Cl)c(F)c1C1CN(C[C@H](C)O)C1. The van der Waals surface area contributed by atoms with E-state index in [-0.39, 0.29) is 17.0 Å². The Hall–Kier alpha value is -1.73. The van der Waals surface area contributed by atoms with Crippen molar-refractivity contribution < 1.29 is 14.2 Å². The number of β-amino-alcohol motifs (C(OH)–C–C–N with tert-alkyl or cyclic N) is 1. The summed E-state index contributed by atoms with van der Waals surface area (Å²) in [6.45, 7) is 9.83. The van der Waals surface area contributed by atoms with Crippen molar-refractivity contribution in [3.63, 3.8) is 0 Å². The summed E-state index contributed by atoms with van der Waals surface area (Å²) in [6.07, 6.45) is 1.12. The second-order valence-electron chi connectivity index (χ2n) is 8.37. The molecule has 10 heteroatoms. The Morgan fingerprint density at radius 3 is 2.72 bits per heavy atom. The van der Waals surface area contributed by atoms with Crippen molar-refractivity contribution in [1.82, 2.24) is 24.6 Å². The third-order valence-corrected chi connectivity index (χ3v) is 7.12. The van der Waals surface area contributed by atoms with Crippen LogP contribution in [0.3, 0.4) is 0 Å². The minimum atomic E-state index is -0.435. The van der Waals surface area contributed by atoms with E-state index in [1.807, 2.05) is 25.5 Å². The van der Waals surface area contributed by atoms with Crippen molar-refractivity contribution in [2.24, 2.45) is 0 Å². The van der Waals surface area contributed by atoms with Crippen LogP contribution in [0.5, 0.6) is 5.75 Å². The molecule has 0 bridgehead atoms. The van der Waals surface area contributed by atoms with Crippen molar-refractivity contribution in [3.05, 3.63) is 40.1 Å². The van der Waals surface area contributed by atoms with Gasteiger partial charge in [0.2, 0.25) is 0 Å². The molecule has 32 heavy (non-hydrogen) atoms. The van der Waals surface area contributed by atoms with Gasteiger partial charge in [-0.25, -0.2) is 0 Å². The van der Waals surface area contributed by atoms with Crippen molar-refractivity contribution >= 4 is 44.0 Å². The van der Waals surface area contributed by atoms with Gasteiger partial charge in [0.25, 0.3) is 0 Å². The second kappa shape index (κ2) is 9.26. The van der Waals surface area contributed by atoms with Crippen LogP contribution in [0.2, 0.25) is 5.02 Å². The molecule has 1 aliphatic rings. The van der Waals surface area contributed by atoms with Gasteiger partial charge in [-0.2, -0.15) is 0 Å². The zero-order valence-corrected chi connectivity index (χ0v) is 21.8. The van der Waals surface area contributed by atoms with E-state index in [0.29, 0.717) is 37.6 Å². The number of fused-ring (bicyclic) bond motifs is 1. The summed E-state index contributed by atoms with van der Waals surface area (Å²) >= 11 is 7.80. The fraction of sp³-hybridized carbons (Fsp3) is 0.500. The van der Waals surface area contributed by atoms with Gasteiger partial charge in [-0.3, -0.25) is 0 Å². The third kappa shape index (κ3) is 4.14. The second-order valence-corrected chi connectivity index (χ2v) is 9.92. The number of aliphatic hydroxyl groups excluding tert-OH is 1. The van der Waals surface area contributed by atoms with Crippen LogP contribution in [0.25, 0.3) is 11.0 Å².